The number of H-pyrrole nitrogens is 2. The predicted molar refractivity (Wildman–Crippen MR) is 127 cm³/mol. The highest BCUT2D eigenvalue weighted by Gasteiger charge is 2.26. The molecule has 1 saturated carbocycles. The zero-order chi connectivity index (χ0) is 21.3. The van der Waals surface area contributed by atoms with E-state index in [0.29, 0.717) is 23.9 Å². The highest BCUT2D eigenvalue weighted by Crippen LogP contribution is 2.40. The molecule has 3 aliphatic rings. The van der Waals surface area contributed by atoms with E-state index in [-0.39, 0.29) is 0 Å². The SMILES string of the molecule is c1cc(C2CCC(c3cnc(C4CCCN4)[nH]3)CC2)ccc1-c1ncc(C2CCCN2)[nH]1. The Balaban J connectivity index is 1.07. The van der Waals surface area contributed by atoms with Crippen molar-refractivity contribution in [1.29, 1.82) is 0 Å². The smallest absolute Gasteiger partial charge is 0.137 e. The Morgan fingerprint density at radius 3 is 2.06 bits per heavy atom. The summed E-state index contributed by atoms with van der Waals surface area (Å²) in [5.74, 6) is 3.41. The van der Waals surface area contributed by atoms with Gasteiger partial charge < -0.3 is 20.6 Å². The Bertz CT molecular complexity index is 1010. The molecule has 6 rings (SSSR count). The first kappa shape index (κ1) is 20.2. The van der Waals surface area contributed by atoms with Gasteiger partial charge in [0.1, 0.15) is 11.6 Å². The highest BCUT2D eigenvalue weighted by molar-refractivity contribution is 5.56. The van der Waals surface area contributed by atoms with Crippen LogP contribution in [0.4, 0.5) is 0 Å². The summed E-state index contributed by atoms with van der Waals surface area (Å²) in [6.07, 6.45) is 14.0. The highest BCUT2D eigenvalue weighted by atomic mass is 15.0. The zero-order valence-electron chi connectivity index (χ0n) is 18.7. The Kier molecular flexibility index (Phi) is 5.57. The van der Waals surface area contributed by atoms with Crippen LogP contribution in [0.5, 0.6) is 0 Å². The molecule has 2 aliphatic heterocycles. The summed E-state index contributed by atoms with van der Waals surface area (Å²) in [7, 11) is 0. The van der Waals surface area contributed by atoms with Crippen molar-refractivity contribution in [2.45, 2.75) is 75.3 Å². The van der Waals surface area contributed by atoms with Crippen LogP contribution in [-0.4, -0.2) is 33.0 Å². The molecule has 2 atom stereocenters. The molecule has 1 aromatic carbocycles. The fourth-order valence-electron chi connectivity index (χ4n) is 5.91. The number of nitrogens with one attached hydrogen (secondary N) is 4. The molecule has 168 valence electrons. The van der Waals surface area contributed by atoms with Crippen LogP contribution in [-0.2, 0) is 0 Å². The Labute approximate surface area is 190 Å². The van der Waals surface area contributed by atoms with Crippen LogP contribution in [0.1, 0.15) is 98.1 Å². The van der Waals surface area contributed by atoms with E-state index in [0.717, 1.165) is 24.7 Å². The predicted octanol–water partition coefficient (Wildman–Crippen LogP) is 5.09. The van der Waals surface area contributed by atoms with E-state index in [1.807, 2.05) is 6.20 Å². The molecule has 32 heavy (non-hydrogen) atoms. The van der Waals surface area contributed by atoms with Crippen LogP contribution in [0.25, 0.3) is 11.4 Å². The molecule has 0 spiro atoms. The minimum atomic E-state index is 0.429. The first-order chi connectivity index (χ1) is 15.8. The van der Waals surface area contributed by atoms with Gasteiger partial charge in [-0.2, -0.15) is 0 Å². The van der Waals surface area contributed by atoms with Crippen molar-refractivity contribution >= 4 is 0 Å². The number of imidazole rings is 2. The number of benzene rings is 1. The average molecular weight is 431 g/mol. The van der Waals surface area contributed by atoms with Gasteiger partial charge in [0, 0.05) is 29.4 Å². The summed E-state index contributed by atoms with van der Waals surface area (Å²) in [5.41, 5.74) is 5.20. The largest absolute Gasteiger partial charge is 0.344 e. The Morgan fingerprint density at radius 2 is 1.34 bits per heavy atom. The molecule has 4 heterocycles. The maximum absolute atomic E-state index is 4.69. The van der Waals surface area contributed by atoms with E-state index < -0.39 is 0 Å². The van der Waals surface area contributed by atoms with Gasteiger partial charge in [0.25, 0.3) is 0 Å². The third-order valence-electron chi connectivity index (χ3n) is 7.86. The number of rotatable bonds is 5. The van der Waals surface area contributed by atoms with Crippen LogP contribution in [0.2, 0.25) is 0 Å². The van der Waals surface area contributed by atoms with Crippen LogP contribution in [0.15, 0.2) is 36.7 Å². The van der Waals surface area contributed by atoms with Gasteiger partial charge in [-0.05, 0) is 75.9 Å². The first-order valence-electron chi connectivity index (χ1n) is 12.5. The summed E-state index contributed by atoms with van der Waals surface area (Å²) in [4.78, 5) is 16.5. The van der Waals surface area contributed by atoms with Crippen molar-refractivity contribution in [2.75, 3.05) is 13.1 Å². The summed E-state index contributed by atoms with van der Waals surface area (Å²) in [6.45, 7) is 2.22. The second kappa shape index (κ2) is 8.83. The second-order valence-electron chi connectivity index (χ2n) is 9.88. The summed E-state index contributed by atoms with van der Waals surface area (Å²) in [5, 5.41) is 7.09. The lowest BCUT2D eigenvalue weighted by molar-refractivity contribution is 0.391. The van der Waals surface area contributed by atoms with E-state index in [4.69, 9.17) is 0 Å². The number of hydrogen-bond acceptors (Lipinski definition) is 4. The fourth-order valence-corrected chi connectivity index (χ4v) is 5.91. The molecule has 6 heteroatoms. The van der Waals surface area contributed by atoms with Gasteiger partial charge in [-0.15, -0.1) is 0 Å². The Morgan fingerprint density at radius 1 is 0.656 bits per heavy atom. The van der Waals surface area contributed by atoms with Crippen molar-refractivity contribution in [3.8, 4) is 11.4 Å². The minimum Gasteiger partial charge on any atom is -0.344 e. The number of nitrogens with zero attached hydrogens (tertiary/aromatic N) is 2. The monoisotopic (exact) mass is 430 g/mol. The normalized spacial score (nSPS) is 28.4. The summed E-state index contributed by atoms with van der Waals surface area (Å²) >= 11 is 0. The van der Waals surface area contributed by atoms with Crippen LogP contribution < -0.4 is 10.6 Å². The molecule has 0 radical (unpaired) electrons. The molecular weight excluding hydrogens is 396 g/mol. The molecule has 6 nitrogen and oxygen atoms in total. The summed E-state index contributed by atoms with van der Waals surface area (Å²) in [6, 6.07) is 9.97. The summed E-state index contributed by atoms with van der Waals surface area (Å²) < 4.78 is 0. The van der Waals surface area contributed by atoms with E-state index >= 15 is 0 Å². The van der Waals surface area contributed by atoms with Gasteiger partial charge in [0.2, 0.25) is 0 Å². The van der Waals surface area contributed by atoms with E-state index in [9.17, 15) is 0 Å². The Hall–Kier alpha value is -2.44. The third kappa shape index (κ3) is 4.02. The molecule has 2 aromatic heterocycles. The van der Waals surface area contributed by atoms with Crippen molar-refractivity contribution in [3.05, 3.63) is 59.4 Å². The van der Waals surface area contributed by atoms with Gasteiger partial charge in [0.05, 0.1) is 17.9 Å². The van der Waals surface area contributed by atoms with E-state index in [1.54, 1.807) is 0 Å². The molecule has 2 unspecified atom stereocenters. The lowest BCUT2D eigenvalue weighted by Gasteiger charge is -2.28. The molecule has 1 aliphatic carbocycles. The minimum absolute atomic E-state index is 0.429. The van der Waals surface area contributed by atoms with Crippen LogP contribution >= 0.6 is 0 Å². The first-order valence-corrected chi connectivity index (χ1v) is 12.5. The zero-order valence-corrected chi connectivity index (χ0v) is 18.7. The molecule has 2 saturated heterocycles. The topological polar surface area (TPSA) is 81.4 Å². The fraction of sp³-hybridized carbons (Fsp3) is 0.538. The van der Waals surface area contributed by atoms with Crippen molar-refractivity contribution in [3.63, 3.8) is 0 Å². The quantitative estimate of drug-likeness (QED) is 0.454. The van der Waals surface area contributed by atoms with Gasteiger partial charge in [0.15, 0.2) is 0 Å². The number of aromatic amines is 2. The lowest BCUT2D eigenvalue weighted by Crippen LogP contribution is -2.15. The molecule has 3 fully saturated rings. The van der Waals surface area contributed by atoms with Gasteiger partial charge in [-0.25, -0.2) is 9.97 Å². The maximum Gasteiger partial charge on any atom is 0.137 e. The molecule has 0 amide bonds. The average Bonchev–Trinajstić information content (AvgIpc) is 3.66. The van der Waals surface area contributed by atoms with E-state index in [2.05, 4.69) is 61.0 Å². The maximum atomic E-state index is 4.69. The number of aromatic nitrogens is 4. The van der Waals surface area contributed by atoms with E-state index in [1.165, 1.54) is 73.9 Å². The van der Waals surface area contributed by atoms with Crippen LogP contribution in [0, 0.1) is 0 Å². The standard InChI is InChI=1S/C26H34N6/c1-3-21(27-13-1)24-16-29-25(32-24)20-11-7-18(8-12-20)17-5-9-19(10-6-17)23-15-30-26(31-23)22-4-2-14-28-22/h7-8,11-12,15-17,19,21-22,27-28H,1-6,9-10,13-14H2,(H,29,32)(H,30,31). The second-order valence-corrected chi connectivity index (χ2v) is 9.88. The molecule has 4 N–H and O–H groups in total. The number of hydrogen-bond donors (Lipinski definition) is 4. The van der Waals surface area contributed by atoms with Crippen molar-refractivity contribution < 1.29 is 0 Å². The molecule has 3 aromatic rings. The third-order valence-corrected chi connectivity index (χ3v) is 7.86. The molecule has 0 bridgehead atoms. The molecular formula is C26H34N6. The van der Waals surface area contributed by atoms with Crippen molar-refractivity contribution in [1.82, 2.24) is 30.6 Å². The lowest BCUT2D eigenvalue weighted by atomic mass is 9.77. The van der Waals surface area contributed by atoms with Gasteiger partial charge >= 0.3 is 0 Å². The van der Waals surface area contributed by atoms with Gasteiger partial charge in [-0.3, -0.25) is 0 Å². The van der Waals surface area contributed by atoms with Gasteiger partial charge in [-0.1, -0.05) is 24.3 Å². The van der Waals surface area contributed by atoms with Crippen LogP contribution in [0.3, 0.4) is 0 Å². The van der Waals surface area contributed by atoms with Crippen molar-refractivity contribution in [2.24, 2.45) is 0 Å².